The minimum Gasteiger partial charge on any atom is -0.344 e. The Labute approximate surface area is 269 Å². The van der Waals surface area contributed by atoms with Gasteiger partial charge in [-0.05, 0) is 49.6 Å². The molecule has 1 unspecified atom stereocenters. The van der Waals surface area contributed by atoms with Gasteiger partial charge in [0.25, 0.3) is 0 Å². The molecule has 1 aliphatic carbocycles. The summed E-state index contributed by atoms with van der Waals surface area (Å²) in [6.07, 6.45) is 7.89. The third-order valence-corrected chi connectivity index (χ3v) is 9.50. The van der Waals surface area contributed by atoms with E-state index in [1.165, 1.54) is 12.1 Å². The van der Waals surface area contributed by atoms with Gasteiger partial charge in [0.15, 0.2) is 5.82 Å². The largest absolute Gasteiger partial charge is 0.344 e. The molecule has 1 aliphatic heterocycles. The number of hydrogen-bond acceptors (Lipinski definition) is 7. The monoisotopic (exact) mass is 635 g/mol. The van der Waals surface area contributed by atoms with E-state index in [9.17, 15) is 14.4 Å². The second kappa shape index (κ2) is 15.0. The van der Waals surface area contributed by atoms with Gasteiger partial charge in [-0.3, -0.25) is 24.2 Å². The molecular weight excluding hydrogens is 589 g/mol. The molecule has 3 amide bonds. The Morgan fingerprint density at radius 1 is 1.04 bits per heavy atom. The van der Waals surface area contributed by atoms with Gasteiger partial charge < -0.3 is 20.4 Å². The molecule has 0 bridgehead atoms. The number of halogens is 1. The van der Waals surface area contributed by atoms with Crippen LogP contribution in [0, 0.1) is 11.7 Å². The molecule has 3 aromatic rings. The number of amides is 3. The van der Waals surface area contributed by atoms with Crippen LogP contribution in [0.4, 0.5) is 10.1 Å². The van der Waals surface area contributed by atoms with E-state index < -0.39 is 23.7 Å². The molecule has 1 aromatic carbocycles. The quantitative estimate of drug-likeness (QED) is 0.288. The molecule has 12 nitrogen and oxygen atoms in total. The summed E-state index contributed by atoms with van der Waals surface area (Å²) in [7, 11) is 3.81. The SMILES string of the molecule is CCC(=O)N[C@@H](C(=O)N1CCN(C)CC1)[C@@H](C)c1ccc(NC(=O)C(c2nc(-c3ccnn3C)n[nH]2)C2CCCCCC2)c(F)c1. The molecule has 13 heteroatoms. The standard InChI is InChI=1S/C33H46FN9O3/c1-5-27(44)37-29(33(46)43-18-16-41(3)17-19-43)21(2)23-12-13-25(24(34)20-23)36-32(45)28(22-10-8-6-7-9-11-22)31-38-30(39-40-31)26-14-15-35-42(26)4/h12-15,20-22,28-29H,5-11,16-19H2,1-4H3,(H,36,45)(H,37,44)(H,38,39,40)/t21-,28?,29+/m0/s1. The Balaban J connectivity index is 1.36. The highest BCUT2D eigenvalue weighted by Crippen LogP contribution is 2.36. The molecule has 46 heavy (non-hydrogen) atoms. The van der Waals surface area contributed by atoms with Crippen LogP contribution in [0.1, 0.15) is 82.0 Å². The summed E-state index contributed by atoms with van der Waals surface area (Å²) in [4.78, 5) is 48.5. The number of aryl methyl sites for hydroxylation is 1. The van der Waals surface area contributed by atoms with Crippen molar-refractivity contribution in [2.24, 2.45) is 13.0 Å². The molecule has 1 saturated heterocycles. The topological polar surface area (TPSA) is 141 Å². The van der Waals surface area contributed by atoms with Gasteiger partial charge in [0.05, 0.1) is 5.69 Å². The average molecular weight is 636 g/mol. The van der Waals surface area contributed by atoms with E-state index in [-0.39, 0.29) is 35.7 Å². The highest BCUT2D eigenvalue weighted by Gasteiger charge is 2.35. The number of rotatable bonds is 10. The summed E-state index contributed by atoms with van der Waals surface area (Å²) in [6, 6.07) is 5.56. The number of nitrogens with one attached hydrogen (secondary N) is 3. The summed E-state index contributed by atoms with van der Waals surface area (Å²) in [5.74, 6) is -1.60. The number of H-pyrrole nitrogens is 1. The van der Waals surface area contributed by atoms with Crippen molar-refractivity contribution in [3.05, 3.63) is 47.7 Å². The first-order valence-corrected chi connectivity index (χ1v) is 16.4. The van der Waals surface area contributed by atoms with Crippen LogP contribution in [0.25, 0.3) is 11.5 Å². The molecular formula is C33H46FN9O3. The van der Waals surface area contributed by atoms with Crippen molar-refractivity contribution in [1.82, 2.24) is 40.1 Å². The fourth-order valence-corrected chi connectivity index (χ4v) is 6.55. The smallest absolute Gasteiger partial charge is 0.245 e. The molecule has 0 spiro atoms. The summed E-state index contributed by atoms with van der Waals surface area (Å²) in [6.45, 7) is 6.17. The summed E-state index contributed by atoms with van der Waals surface area (Å²) in [5, 5.41) is 17.3. The maximum atomic E-state index is 15.7. The van der Waals surface area contributed by atoms with Crippen molar-refractivity contribution in [2.75, 3.05) is 38.5 Å². The lowest BCUT2D eigenvalue weighted by Crippen LogP contribution is -2.55. The highest BCUT2D eigenvalue weighted by atomic mass is 19.1. The maximum absolute atomic E-state index is 15.7. The van der Waals surface area contributed by atoms with Crippen molar-refractivity contribution < 1.29 is 18.8 Å². The second-order valence-electron chi connectivity index (χ2n) is 12.7. The van der Waals surface area contributed by atoms with E-state index >= 15 is 4.39 Å². The molecule has 3 heterocycles. The number of aromatic nitrogens is 5. The summed E-state index contributed by atoms with van der Waals surface area (Å²) >= 11 is 0. The predicted molar refractivity (Wildman–Crippen MR) is 172 cm³/mol. The number of piperazine rings is 1. The first kappa shape index (κ1) is 33.2. The van der Waals surface area contributed by atoms with E-state index in [2.05, 4.69) is 30.8 Å². The molecule has 5 rings (SSSR count). The van der Waals surface area contributed by atoms with Gasteiger partial charge in [-0.1, -0.05) is 45.6 Å². The number of benzene rings is 1. The van der Waals surface area contributed by atoms with Crippen molar-refractivity contribution in [3.8, 4) is 11.5 Å². The minimum atomic E-state index is -0.838. The van der Waals surface area contributed by atoms with E-state index in [4.69, 9.17) is 4.98 Å². The van der Waals surface area contributed by atoms with Gasteiger partial charge >= 0.3 is 0 Å². The zero-order valence-electron chi connectivity index (χ0n) is 27.3. The molecule has 2 aromatic heterocycles. The van der Waals surface area contributed by atoms with Crippen LogP contribution in [0.5, 0.6) is 0 Å². The fraction of sp³-hybridized carbons (Fsp3) is 0.576. The summed E-state index contributed by atoms with van der Waals surface area (Å²) < 4.78 is 17.4. The van der Waals surface area contributed by atoms with Crippen LogP contribution in [-0.2, 0) is 21.4 Å². The minimum absolute atomic E-state index is 0.0284. The average Bonchev–Trinajstić information content (AvgIpc) is 3.61. The number of likely N-dealkylation sites (N-methyl/N-ethyl adjacent to an activating group) is 1. The maximum Gasteiger partial charge on any atom is 0.245 e. The zero-order valence-corrected chi connectivity index (χ0v) is 27.3. The highest BCUT2D eigenvalue weighted by molar-refractivity contribution is 5.96. The van der Waals surface area contributed by atoms with Crippen LogP contribution in [0.15, 0.2) is 30.5 Å². The first-order valence-electron chi connectivity index (χ1n) is 16.4. The second-order valence-corrected chi connectivity index (χ2v) is 12.7. The van der Waals surface area contributed by atoms with Gasteiger partial charge in [-0.15, -0.1) is 0 Å². The van der Waals surface area contributed by atoms with Crippen LogP contribution in [-0.4, -0.2) is 91.8 Å². The van der Waals surface area contributed by atoms with Crippen LogP contribution in [0.2, 0.25) is 0 Å². The fourth-order valence-electron chi connectivity index (χ4n) is 6.55. The van der Waals surface area contributed by atoms with Crippen molar-refractivity contribution in [2.45, 2.75) is 76.7 Å². The third kappa shape index (κ3) is 7.63. The van der Waals surface area contributed by atoms with Crippen LogP contribution < -0.4 is 10.6 Å². The number of carbonyl (C=O) groups is 3. The molecule has 248 valence electrons. The lowest BCUT2D eigenvalue weighted by molar-refractivity contribution is -0.138. The number of nitrogens with zero attached hydrogens (tertiary/aromatic N) is 6. The molecule has 1 saturated carbocycles. The Morgan fingerprint density at radius 2 is 1.76 bits per heavy atom. The third-order valence-electron chi connectivity index (χ3n) is 9.50. The van der Waals surface area contributed by atoms with Gasteiger partial charge in [0.1, 0.15) is 29.3 Å². The number of hydrogen-bond donors (Lipinski definition) is 3. The number of anilines is 1. The van der Waals surface area contributed by atoms with E-state index in [0.717, 1.165) is 57.3 Å². The van der Waals surface area contributed by atoms with Gasteiger partial charge in [-0.25, -0.2) is 9.37 Å². The summed E-state index contributed by atoms with van der Waals surface area (Å²) in [5.41, 5.74) is 1.32. The van der Waals surface area contributed by atoms with Gasteiger partial charge in [-0.2, -0.15) is 10.2 Å². The predicted octanol–water partition coefficient (Wildman–Crippen LogP) is 3.81. The molecule has 3 atom stereocenters. The number of aromatic amines is 1. The van der Waals surface area contributed by atoms with Crippen LogP contribution >= 0.6 is 0 Å². The van der Waals surface area contributed by atoms with Crippen LogP contribution in [0.3, 0.4) is 0 Å². The number of carbonyl (C=O) groups excluding carboxylic acids is 3. The van der Waals surface area contributed by atoms with E-state index in [0.29, 0.717) is 30.3 Å². The molecule has 3 N–H and O–H groups in total. The van der Waals surface area contributed by atoms with E-state index in [1.807, 2.05) is 20.0 Å². The van der Waals surface area contributed by atoms with Crippen molar-refractivity contribution in [3.63, 3.8) is 0 Å². The Hall–Kier alpha value is -4.13. The lowest BCUT2D eigenvalue weighted by Gasteiger charge is -2.36. The van der Waals surface area contributed by atoms with Crippen molar-refractivity contribution >= 4 is 23.4 Å². The van der Waals surface area contributed by atoms with E-state index in [1.54, 1.807) is 35.8 Å². The molecule has 0 radical (unpaired) electrons. The Kier molecular flexibility index (Phi) is 10.8. The molecule has 2 fully saturated rings. The lowest BCUT2D eigenvalue weighted by atomic mass is 9.84. The van der Waals surface area contributed by atoms with Crippen molar-refractivity contribution in [1.29, 1.82) is 0 Å². The first-order chi connectivity index (χ1) is 22.2. The van der Waals surface area contributed by atoms with Gasteiger partial charge in [0.2, 0.25) is 17.7 Å². The zero-order chi connectivity index (χ0) is 32.8. The Bertz CT molecular complexity index is 1510. The normalized spacial score (nSPS) is 18.4. The Morgan fingerprint density at radius 3 is 2.39 bits per heavy atom. The molecule has 2 aliphatic rings. The van der Waals surface area contributed by atoms with Gasteiger partial charge in [0, 0.05) is 51.8 Å².